The van der Waals surface area contributed by atoms with Gasteiger partial charge in [0.15, 0.2) is 17.0 Å². The van der Waals surface area contributed by atoms with Crippen molar-refractivity contribution in [1.29, 1.82) is 0 Å². The van der Waals surface area contributed by atoms with E-state index >= 15 is 0 Å². The van der Waals surface area contributed by atoms with Gasteiger partial charge >= 0.3 is 0 Å². The first-order valence-electron chi connectivity index (χ1n) is 18.3. The van der Waals surface area contributed by atoms with Gasteiger partial charge in [-0.1, -0.05) is 109 Å². The van der Waals surface area contributed by atoms with Gasteiger partial charge in [-0.3, -0.25) is 10.2 Å². The Morgan fingerprint density at radius 2 is 1.44 bits per heavy atom. The van der Waals surface area contributed by atoms with Crippen molar-refractivity contribution in [3.8, 4) is 17.2 Å². The summed E-state index contributed by atoms with van der Waals surface area (Å²) in [6.45, 7) is 3.67. The molecular formula is C45H47N3O6. The van der Waals surface area contributed by atoms with Crippen LogP contribution in [-0.4, -0.2) is 48.3 Å². The highest BCUT2D eigenvalue weighted by molar-refractivity contribution is 6.00. The molecule has 5 aromatic carbocycles. The smallest absolute Gasteiger partial charge is 0.266 e. The molecule has 0 aliphatic carbocycles. The standard InChI is InChI=1S/C45H47N3O6/c1-34-45(27-11-19-35-13-5-2-6-14-35,47-43(54-34)39-21-23-40(24-22-39)51-30-12-29-49)44(50)48-46-28-26-36-20-25-41(52-32-37-15-7-3-8-16-37)42(31-36)53-33-38-17-9-4-10-18-38/h2-11,13-25,31,34,46,49H,12,26-30,32-33H2,1H3,(H,48,50)/b19-11+/t34-,45-/m0/s1. The number of hydrogen-bond donors (Lipinski definition) is 3. The van der Waals surface area contributed by atoms with Crippen molar-refractivity contribution < 1.29 is 28.8 Å². The summed E-state index contributed by atoms with van der Waals surface area (Å²) < 4.78 is 24.4. The van der Waals surface area contributed by atoms with Crippen LogP contribution < -0.4 is 25.1 Å². The van der Waals surface area contributed by atoms with Crippen molar-refractivity contribution in [2.45, 2.75) is 51.0 Å². The van der Waals surface area contributed by atoms with Crippen LogP contribution >= 0.6 is 0 Å². The summed E-state index contributed by atoms with van der Waals surface area (Å²) in [6.07, 6.45) is 4.92. The third-order valence-electron chi connectivity index (χ3n) is 9.09. The summed E-state index contributed by atoms with van der Waals surface area (Å²) in [4.78, 5) is 19.0. The molecule has 9 heteroatoms. The number of rotatable bonds is 19. The lowest BCUT2D eigenvalue weighted by molar-refractivity contribution is -0.129. The van der Waals surface area contributed by atoms with Gasteiger partial charge in [-0.2, -0.15) is 0 Å². The summed E-state index contributed by atoms with van der Waals surface area (Å²) in [6, 6.07) is 43.3. The lowest BCUT2D eigenvalue weighted by atomic mass is 9.89. The Kier molecular flexibility index (Phi) is 13.5. The molecule has 0 bridgehead atoms. The Hall–Kier alpha value is -5.90. The van der Waals surface area contributed by atoms with Crippen LogP contribution in [-0.2, 0) is 29.2 Å². The van der Waals surface area contributed by atoms with Gasteiger partial charge in [-0.05, 0) is 72.0 Å². The molecule has 278 valence electrons. The maximum atomic E-state index is 14.0. The zero-order chi connectivity index (χ0) is 37.4. The minimum atomic E-state index is -1.21. The molecule has 5 aromatic rings. The highest BCUT2D eigenvalue weighted by Gasteiger charge is 2.49. The molecule has 0 unspecified atom stereocenters. The molecule has 0 fully saturated rings. The van der Waals surface area contributed by atoms with Gasteiger partial charge in [-0.15, -0.1) is 0 Å². The van der Waals surface area contributed by atoms with Gasteiger partial charge in [0, 0.05) is 31.6 Å². The number of aliphatic imine (C=N–C) groups is 1. The maximum Gasteiger partial charge on any atom is 0.266 e. The number of hydrogen-bond acceptors (Lipinski definition) is 8. The van der Waals surface area contributed by atoms with E-state index in [0.717, 1.165) is 27.8 Å². The van der Waals surface area contributed by atoms with Gasteiger partial charge in [0.05, 0.1) is 6.61 Å². The minimum absolute atomic E-state index is 0.0710. The first kappa shape index (κ1) is 37.8. The molecule has 9 nitrogen and oxygen atoms in total. The number of hydrazine groups is 1. The van der Waals surface area contributed by atoms with Crippen LogP contribution in [0.1, 0.15) is 47.6 Å². The fourth-order valence-electron chi connectivity index (χ4n) is 5.99. The fraction of sp³-hybridized carbons (Fsp3) is 0.244. The molecule has 1 heterocycles. The molecule has 0 spiro atoms. The van der Waals surface area contributed by atoms with Crippen molar-refractivity contribution in [2.24, 2.45) is 4.99 Å². The van der Waals surface area contributed by atoms with Crippen LogP contribution in [0.2, 0.25) is 0 Å². The van der Waals surface area contributed by atoms with Crippen molar-refractivity contribution in [3.63, 3.8) is 0 Å². The first-order valence-corrected chi connectivity index (χ1v) is 18.3. The van der Waals surface area contributed by atoms with E-state index in [1.165, 1.54) is 0 Å². The van der Waals surface area contributed by atoms with E-state index in [0.29, 0.717) is 68.8 Å². The predicted octanol–water partition coefficient (Wildman–Crippen LogP) is 7.48. The van der Waals surface area contributed by atoms with E-state index in [1.807, 2.05) is 153 Å². The van der Waals surface area contributed by atoms with E-state index in [4.69, 9.17) is 29.0 Å². The number of nitrogens with zero attached hydrogens (tertiary/aromatic N) is 1. The summed E-state index contributed by atoms with van der Waals surface area (Å²) in [5.41, 5.74) is 9.78. The number of amides is 1. The number of ether oxygens (including phenoxy) is 4. The molecule has 6 rings (SSSR count). The second kappa shape index (κ2) is 19.3. The van der Waals surface area contributed by atoms with Crippen LogP contribution in [0.5, 0.6) is 17.2 Å². The van der Waals surface area contributed by atoms with Crippen LogP contribution in [0.3, 0.4) is 0 Å². The topological polar surface area (TPSA) is 111 Å². The fourth-order valence-corrected chi connectivity index (χ4v) is 5.99. The average molecular weight is 726 g/mol. The Morgan fingerprint density at radius 3 is 2.11 bits per heavy atom. The second-order valence-corrected chi connectivity index (χ2v) is 13.0. The summed E-state index contributed by atoms with van der Waals surface area (Å²) in [5, 5.41) is 9.05. The quantitative estimate of drug-likeness (QED) is 0.0599. The Bertz CT molecular complexity index is 1970. The SMILES string of the molecule is C[C@@H]1OC(c2ccc(OCCCO)cc2)=N[C@]1(C/C=C/c1ccccc1)C(=O)NNCCc1ccc(OCc2ccccc2)c(OCc2ccccc2)c1. The third kappa shape index (κ3) is 10.4. The number of benzene rings is 5. The van der Waals surface area contributed by atoms with Crippen molar-refractivity contribution in [2.75, 3.05) is 19.8 Å². The number of aliphatic hydroxyl groups excluding tert-OH is 1. The van der Waals surface area contributed by atoms with E-state index in [2.05, 4.69) is 10.9 Å². The second-order valence-electron chi connectivity index (χ2n) is 13.0. The highest BCUT2D eigenvalue weighted by atomic mass is 16.5. The first-order chi connectivity index (χ1) is 26.5. The summed E-state index contributed by atoms with van der Waals surface area (Å²) in [5.74, 6) is 2.11. The molecule has 1 aliphatic heterocycles. The molecule has 0 saturated heterocycles. The molecule has 3 N–H and O–H groups in total. The summed E-state index contributed by atoms with van der Waals surface area (Å²) in [7, 11) is 0. The van der Waals surface area contributed by atoms with Crippen LogP contribution in [0.4, 0.5) is 0 Å². The molecule has 0 radical (unpaired) electrons. The van der Waals surface area contributed by atoms with Crippen molar-refractivity contribution >= 4 is 17.9 Å². The normalized spacial score (nSPS) is 16.4. The van der Waals surface area contributed by atoms with Gasteiger partial charge < -0.3 is 24.1 Å². The Morgan fingerprint density at radius 1 is 0.796 bits per heavy atom. The summed E-state index contributed by atoms with van der Waals surface area (Å²) >= 11 is 0. The van der Waals surface area contributed by atoms with Crippen molar-refractivity contribution in [3.05, 3.63) is 167 Å². The Balaban J connectivity index is 1.12. The van der Waals surface area contributed by atoms with Gasteiger partial charge in [0.25, 0.3) is 5.91 Å². The molecule has 0 aromatic heterocycles. The number of nitrogens with one attached hydrogen (secondary N) is 2. The molecule has 0 saturated carbocycles. The van der Waals surface area contributed by atoms with E-state index < -0.39 is 11.6 Å². The minimum Gasteiger partial charge on any atom is -0.494 e. The maximum absolute atomic E-state index is 14.0. The van der Waals surface area contributed by atoms with Gasteiger partial charge in [0.1, 0.15) is 25.1 Å². The number of carbonyl (C=O) groups is 1. The predicted molar refractivity (Wildman–Crippen MR) is 211 cm³/mol. The van der Waals surface area contributed by atoms with E-state index in [-0.39, 0.29) is 12.5 Å². The lowest BCUT2D eigenvalue weighted by Crippen LogP contribution is -2.54. The lowest BCUT2D eigenvalue weighted by Gasteiger charge is -2.27. The largest absolute Gasteiger partial charge is 0.494 e. The van der Waals surface area contributed by atoms with Crippen LogP contribution in [0.15, 0.2) is 145 Å². The molecule has 54 heavy (non-hydrogen) atoms. The van der Waals surface area contributed by atoms with Crippen LogP contribution in [0.25, 0.3) is 6.08 Å². The monoisotopic (exact) mass is 725 g/mol. The average Bonchev–Trinajstić information content (AvgIpc) is 3.56. The third-order valence-corrected chi connectivity index (χ3v) is 9.09. The van der Waals surface area contributed by atoms with Gasteiger partial charge in [-0.25, -0.2) is 10.4 Å². The number of aliphatic hydroxyl groups is 1. The van der Waals surface area contributed by atoms with E-state index in [1.54, 1.807) is 0 Å². The van der Waals surface area contributed by atoms with Crippen LogP contribution in [0, 0.1) is 0 Å². The molecular weight excluding hydrogens is 679 g/mol. The van der Waals surface area contributed by atoms with Gasteiger partial charge in [0.2, 0.25) is 5.90 Å². The zero-order valence-corrected chi connectivity index (χ0v) is 30.5. The Labute approximate surface area is 317 Å². The molecule has 1 amide bonds. The van der Waals surface area contributed by atoms with Crippen molar-refractivity contribution in [1.82, 2.24) is 10.9 Å². The van der Waals surface area contributed by atoms with E-state index in [9.17, 15) is 4.79 Å². The number of carbonyl (C=O) groups excluding carboxylic acids is 1. The zero-order valence-electron chi connectivity index (χ0n) is 30.5. The highest BCUT2D eigenvalue weighted by Crippen LogP contribution is 2.33. The molecule has 2 atom stereocenters. The molecule has 1 aliphatic rings.